The maximum atomic E-state index is 15.3. The first-order valence-corrected chi connectivity index (χ1v) is 20.3. The SMILES string of the molecule is CCc1ccc(OCc2ccc(OC(=O)c3ccc4cc(OCCCCCCS)ccc4c3)c(F)c2)c(/C=N/N(CCCC(F)(F)F)c2nc3ccccc3s2)c1. The Labute approximate surface area is 338 Å². The van der Waals surface area contributed by atoms with Crippen molar-refractivity contribution in [2.75, 3.05) is 23.9 Å². The Morgan fingerprint density at radius 1 is 0.860 bits per heavy atom. The molecule has 0 aliphatic carbocycles. The predicted octanol–water partition coefficient (Wildman–Crippen LogP) is 12.0. The van der Waals surface area contributed by atoms with Crippen LogP contribution in [0.4, 0.5) is 22.7 Å². The molecule has 1 aromatic heterocycles. The van der Waals surface area contributed by atoms with Gasteiger partial charge in [-0.2, -0.15) is 30.9 Å². The van der Waals surface area contributed by atoms with Crippen molar-refractivity contribution in [2.45, 2.75) is 64.7 Å². The number of alkyl halides is 3. The standard InChI is InChI=1S/C44H43F4N3O4S2/c1-2-30-12-18-39(35(24-30)28-49-51(21-9-20-44(46,47)48)43-50-38-10-5-6-11-41(38)57-43)54-29-31-13-19-40(37(45)25-31)55-42(52)34-15-14-33-27-36(17-16-32(33)26-34)53-22-7-3-4-8-23-56/h5-6,10-19,24-28,56H,2-4,7-9,20-23,29H2,1H3/b49-28+. The summed E-state index contributed by atoms with van der Waals surface area (Å²) in [7, 11) is 0. The third-order valence-corrected chi connectivity index (χ3v) is 10.5. The molecule has 0 atom stereocenters. The normalized spacial score (nSPS) is 11.8. The average molecular weight is 818 g/mol. The van der Waals surface area contributed by atoms with Crippen LogP contribution in [0.3, 0.4) is 0 Å². The van der Waals surface area contributed by atoms with Crippen LogP contribution in [0.25, 0.3) is 21.0 Å². The molecule has 0 N–H and O–H groups in total. The van der Waals surface area contributed by atoms with Crippen LogP contribution in [0, 0.1) is 5.82 Å². The summed E-state index contributed by atoms with van der Waals surface area (Å²) in [4.78, 5) is 17.6. The van der Waals surface area contributed by atoms with Gasteiger partial charge in [0.25, 0.3) is 0 Å². The van der Waals surface area contributed by atoms with E-state index in [0.29, 0.717) is 28.6 Å². The number of aromatic nitrogens is 1. The number of halogens is 4. The Hall–Kier alpha value is -5.14. The molecule has 6 rings (SSSR count). The molecular formula is C44H43F4N3O4S2. The fourth-order valence-corrected chi connectivity index (χ4v) is 7.19. The predicted molar refractivity (Wildman–Crippen MR) is 223 cm³/mol. The molecule has 298 valence electrons. The van der Waals surface area contributed by atoms with Gasteiger partial charge in [-0.3, -0.25) is 0 Å². The highest BCUT2D eigenvalue weighted by Crippen LogP contribution is 2.31. The van der Waals surface area contributed by atoms with Gasteiger partial charge in [0.2, 0.25) is 5.13 Å². The highest BCUT2D eigenvalue weighted by atomic mass is 32.1. The Morgan fingerprint density at radius 2 is 1.63 bits per heavy atom. The van der Waals surface area contributed by atoms with E-state index in [1.54, 1.807) is 36.5 Å². The monoisotopic (exact) mass is 817 g/mol. The topological polar surface area (TPSA) is 73.2 Å². The van der Waals surface area contributed by atoms with E-state index < -0.39 is 24.4 Å². The quantitative estimate of drug-likeness (QED) is 0.0167. The number of ether oxygens (including phenoxy) is 3. The second-order valence-electron chi connectivity index (χ2n) is 13.4. The lowest BCUT2D eigenvalue weighted by Gasteiger charge is -2.17. The summed E-state index contributed by atoms with van der Waals surface area (Å²) in [6.45, 7) is 2.62. The third-order valence-electron chi connectivity index (χ3n) is 9.11. The molecule has 57 heavy (non-hydrogen) atoms. The lowest BCUT2D eigenvalue weighted by atomic mass is 10.1. The number of benzene rings is 5. The number of aryl methyl sites for hydroxylation is 1. The van der Waals surface area contributed by atoms with Gasteiger partial charge in [-0.25, -0.2) is 19.2 Å². The zero-order valence-electron chi connectivity index (χ0n) is 31.4. The summed E-state index contributed by atoms with van der Waals surface area (Å²) >= 11 is 5.59. The maximum absolute atomic E-state index is 15.3. The molecule has 0 aliphatic heterocycles. The minimum absolute atomic E-state index is 0.00457. The van der Waals surface area contributed by atoms with Gasteiger partial charge in [0.05, 0.1) is 28.6 Å². The molecule has 0 radical (unpaired) electrons. The third kappa shape index (κ3) is 11.9. The van der Waals surface area contributed by atoms with E-state index in [1.807, 2.05) is 61.5 Å². The molecule has 0 saturated heterocycles. The number of rotatable bonds is 19. The highest BCUT2D eigenvalue weighted by molar-refractivity contribution is 7.80. The smallest absolute Gasteiger partial charge is 0.389 e. The molecular weight excluding hydrogens is 775 g/mol. The summed E-state index contributed by atoms with van der Waals surface area (Å²) in [6.07, 6.45) is 1.17. The lowest BCUT2D eigenvalue weighted by Crippen LogP contribution is -2.20. The first kappa shape index (κ1) is 41.5. The lowest BCUT2D eigenvalue weighted by molar-refractivity contribution is -0.135. The van der Waals surface area contributed by atoms with Crippen LogP contribution in [-0.4, -0.2) is 42.2 Å². The van der Waals surface area contributed by atoms with E-state index in [4.69, 9.17) is 14.2 Å². The molecule has 0 saturated carbocycles. The number of fused-ring (bicyclic) bond motifs is 2. The molecule has 0 unspecified atom stereocenters. The van der Waals surface area contributed by atoms with Crippen LogP contribution in [0.2, 0.25) is 0 Å². The molecule has 6 aromatic rings. The zero-order valence-corrected chi connectivity index (χ0v) is 33.1. The average Bonchev–Trinajstić information content (AvgIpc) is 3.64. The number of hydrazone groups is 1. The fraction of sp³-hybridized carbons (Fsp3) is 0.295. The number of anilines is 1. The fourth-order valence-electron chi connectivity index (χ4n) is 6.02. The van der Waals surface area contributed by atoms with Crippen molar-refractivity contribution in [3.8, 4) is 17.2 Å². The van der Waals surface area contributed by atoms with E-state index in [2.05, 4.69) is 22.7 Å². The van der Waals surface area contributed by atoms with Crippen molar-refractivity contribution in [1.29, 1.82) is 0 Å². The maximum Gasteiger partial charge on any atom is 0.389 e. The number of nitrogens with zero attached hydrogens (tertiary/aromatic N) is 3. The molecule has 7 nitrogen and oxygen atoms in total. The summed E-state index contributed by atoms with van der Waals surface area (Å²) in [5.74, 6) is 0.451. The zero-order chi connectivity index (χ0) is 40.2. The van der Waals surface area contributed by atoms with Gasteiger partial charge in [-0.1, -0.05) is 67.5 Å². The largest absolute Gasteiger partial charge is 0.494 e. The van der Waals surface area contributed by atoms with E-state index in [1.165, 1.54) is 28.5 Å². The minimum Gasteiger partial charge on any atom is -0.494 e. The number of esters is 1. The van der Waals surface area contributed by atoms with Gasteiger partial charge in [-0.15, -0.1) is 0 Å². The number of thiazole rings is 1. The first-order chi connectivity index (χ1) is 27.6. The number of thiol groups is 1. The number of carbonyl (C=O) groups excluding carboxylic acids is 1. The number of hydrogen-bond acceptors (Lipinski definition) is 9. The van der Waals surface area contributed by atoms with Crippen molar-refractivity contribution in [3.63, 3.8) is 0 Å². The van der Waals surface area contributed by atoms with Gasteiger partial charge in [0.15, 0.2) is 11.6 Å². The van der Waals surface area contributed by atoms with Crippen LogP contribution in [0.5, 0.6) is 17.2 Å². The Bertz CT molecular complexity index is 2280. The molecule has 0 fully saturated rings. The van der Waals surface area contributed by atoms with Gasteiger partial charge >= 0.3 is 12.1 Å². The highest BCUT2D eigenvalue weighted by Gasteiger charge is 2.27. The van der Waals surface area contributed by atoms with Crippen LogP contribution in [0.15, 0.2) is 102 Å². The molecule has 0 bridgehead atoms. The van der Waals surface area contributed by atoms with E-state index in [0.717, 1.165) is 70.2 Å². The van der Waals surface area contributed by atoms with Crippen LogP contribution in [0.1, 0.15) is 72.5 Å². The summed E-state index contributed by atoms with van der Waals surface area (Å²) in [5, 5.41) is 8.26. The van der Waals surface area contributed by atoms with Crippen molar-refractivity contribution in [2.24, 2.45) is 5.10 Å². The summed E-state index contributed by atoms with van der Waals surface area (Å²) in [5.41, 5.74) is 3.08. The second kappa shape index (κ2) is 19.8. The Kier molecular flexibility index (Phi) is 14.4. The van der Waals surface area contributed by atoms with Gasteiger partial charge < -0.3 is 14.2 Å². The van der Waals surface area contributed by atoms with Crippen molar-refractivity contribution in [1.82, 2.24) is 4.98 Å². The molecule has 0 spiro atoms. The van der Waals surface area contributed by atoms with Crippen LogP contribution >= 0.6 is 24.0 Å². The molecule has 1 heterocycles. The van der Waals surface area contributed by atoms with Crippen molar-refractivity contribution in [3.05, 3.63) is 125 Å². The molecule has 13 heteroatoms. The summed E-state index contributed by atoms with van der Waals surface area (Å²) < 4.78 is 72.7. The number of para-hydroxylation sites is 1. The molecule has 5 aromatic carbocycles. The summed E-state index contributed by atoms with van der Waals surface area (Å²) in [6, 6.07) is 28.1. The second-order valence-corrected chi connectivity index (χ2v) is 14.9. The van der Waals surface area contributed by atoms with E-state index in [9.17, 15) is 18.0 Å². The molecule has 0 amide bonds. The Balaban J connectivity index is 1.10. The van der Waals surface area contributed by atoms with Crippen molar-refractivity contribution >= 4 is 62.3 Å². The van der Waals surface area contributed by atoms with Crippen molar-refractivity contribution < 1.29 is 36.6 Å². The minimum atomic E-state index is -4.29. The van der Waals surface area contributed by atoms with Crippen LogP contribution < -0.4 is 19.2 Å². The Morgan fingerprint density at radius 3 is 2.42 bits per heavy atom. The first-order valence-electron chi connectivity index (χ1n) is 18.9. The van der Waals surface area contributed by atoms with Gasteiger partial charge in [0, 0.05) is 18.5 Å². The number of unbranched alkanes of at least 4 members (excludes halogenated alkanes) is 3. The number of hydrogen-bond donors (Lipinski definition) is 1. The van der Waals surface area contributed by atoms with E-state index in [-0.39, 0.29) is 30.9 Å². The van der Waals surface area contributed by atoms with Gasteiger partial charge in [0.1, 0.15) is 18.1 Å². The molecule has 0 aliphatic rings. The van der Waals surface area contributed by atoms with Crippen LogP contribution in [-0.2, 0) is 13.0 Å². The number of carbonyl (C=O) groups is 1. The van der Waals surface area contributed by atoms with E-state index >= 15 is 4.39 Å². The van der Waals surface area contributed by atoms with Gasteiger partial charge in [-0.05, 0) is 114 Å².